The van der Waals surface area contributed by atoms with Crippen molar-refractivity contribution >= 4 is 16.8 Å². The van der Waals surface area contributed by atoms with Gasteiger partial charge in [0.15, 0.2) is 0 Å². The van der Waals surface area contributed by atoms with Gasteiger partial charge in [-0.2, -0.15) is 13.2 Å². The summed E-state index contributed by atoms with van der Waals surface area (Å²) in [7, 11) is 0. The Balaban J connectivity index is 1.82. The Morgan fingerprint density at radius 3 is 2.48 bits per heavy atom. The average Bonchev–Trinajstić information content (AvgIpc) is 2.95. The highest BCUT2D eigenvalue weighted by Gasteiger charge is 2.40. The maximum absolute atomic E-state index is 12.5. The SMILES string of the molecule is O=C(n1ccc2cc(OCc3ccccc3)ccc21)C(F)(F)F. The molecule has 0 saturated carbocycles. The Kier molecular flexibility index (Phi) is 3.82. The molecule has 0 radical (unpaired) electrons. The van der Waals surface area contributed by atoms with Crippen molar-refractivity contribution in [3.8, 4) is 5.75 Å². The van der Waals surface area contributed by atoms with E-state index in [0.29, 0.717) is 22.3 Å². The summed E-state index contributed by atoms with van der Waals surface area (Å²) < 4.78 is 43.8. The van der Waals surface area contributed by atoms with Crippen LogP contribution in [0.25, 0.3) is 10.9 Å². The zero-order chi connectivity index (χ0) is 16.4. The van der Waals surface area contributed by atoms with Gasteiger partial charge in [0.25, 0.3) is 0 Å². The number of alkyl halides is 3. The molecule has 0 spiro atoms. The number of aromatic nitrogens is 1. The topological polar surface area (TPSA) is 31.2 Å². The van der Waals surface area contributed by atoms with E-state index >= 15 is 0 Å². The van der Waals surface area contributed by atoms with Gasteiger partial charge in [0.1, 0.15) is 12.4 Å². The van der Waals surface area contributed by atoms with E-state index in [4.69, 9.17) is 4.74 Å². The van der Waals surface area contributed by atoms with Gasteiger partial charge in [-0.1, -0.05) is 30.3 Å². The van der Waals surface area contributed by atoms with Crippen molar-refractivity contribution in [2.45, 2.75) is 12.8 Å². The molecule has 23 heavy (non-hydrogen) atoms. The predicted molar refractivity (Wildman–Crippen MR) is 79.4 cm³/mol. The minimum absolute atomic E-state index is 0.194. The van der Waals surface area contributed by atoms with Crippen molar-refractivity contribution in [3.05, 3.63) is 66.4 Å². The summed E-state index contributed by atoms with van der Waals surface area (Å²) in [5.41, 5.74) is 1.18. The first-order valence-electron chi connectivity index (χ1n) is 6.84. The van der Waals surface area contributed by atoms with Gasteiger partial charge >= 0.3 is 12.1 Å². The Hall–Kier alpha value is -2.76. The van der Waals surface area contributed by atoms with E-state index in [-0.39, 0.29) is 5.52 Å². The van der Waals surface area contributed by atoms with Crippen LogP contribution < -0.4 is 4.74 Å². The van der Waals surface area contributed by atoms with E-state index in [9.17, 15) is 18.0 Å². The van der Waals surface area contributed by atoms with E-state index < -0.39 is 12.1 Å². The Morgan fingerprint density at radius 1 is 1.04 bits per heavy atom. The summed E-state index contributed by atoms with van der Waals surface area (Å²) in [5.74, 6) is -1.39. The van der Waals surface area contributed by atoms with Gasteiger partial charge in [0.05, 0.1) is 5.52 Å². The van der Waals surface area contributed by atoms with Crippen molar-refractivity contribution in [3.63, 3.8) is 0 Å². The van der Waals surface area contributed by atoms with Crippen LogP contribution in [0.15, 0.2) is 60.8 Å². The Bertz CT molecular complexity index is 838. The number of benzene rings is 2. The molecule has 0 fully saturated rings. The number of fused-ring (bicyclic) bond motifs is 1. The van der Waals surface area contributed by atoms with Gasteiger partial charge in [0, 0.05) is 11.6 Å². The van der Waals surface area contributed by atoms with E-state index in [1.807, 2.05) is 30.3 Å². The number of nitrogens with zero attached hydrogens (tertiary/aromatic N) is 1. The van der Waals surface area contributed by atoms with Gasteiger partial charge in [-0.3, -0.25) is 9.36 Å². The van der Waals surface area contributed by atoms with Gasteiger partial charge in [-0.15, -0.1) is 0 Å². The molecule has 1 heterocycles. The lowest BCUT2D eigenvalue weighted by Gasteiger charge is -2.09. The van der Waals surface area contributed by atoms with Crippen LogP contribution in [0.1, 0.15) is 10.4 Å². The quantitative estimate of drug-likeness (QED) is 0.715. The summed E-state index contributed by atoms with van der Waals surface area (Å²) in [5, 5.41) is 0.508. The molecule has 118 valence electrons. The molecule has 6 heteroatoms. The van der Waals surface area contributed by atoms with Gasteiger partial charge in [0.2, 0.25) is 0 Å². The third-order valence-electron chi connectivity index (χ3n) is 3.37. The molecule has 0 atom stereocenters. The second kappa shape index (κ2) is 5.79. The molecule has 0 N–H and O–H groups in total. The fraction of sp³-hybridized carbons (Fsp3) is 0.118. The van der Waals surface area contributed by atoms with Crippen molar-refractivity contribution in [1.82, 2.24) is 4.57 Å². The van der Waals surface area contributed by atoms with Crippen LogP contribution in [-0.4, -0.2) is 16.7 Å². The molecular weight excluding hydrogens is 307 g/mol. The number of halogens is 3. The standard InChI is InChI=1S/C17H12F3NO2/c18-17(19,20)16(22)21-9-8-13-10-14(6-7-15(13)21)23-11-12-4-2-1-3-5-12/h1-10H,11H2. The van der Waals surface area contributed by atoms with Crippen LogP contribution in [0.5, 0.6) is 5.75 Å². The predicted octanol–water partition coefficient (Wildman–Crippen LogP) is 4.42. The first-order valence-corrected chi connectivity index (χ1v) is 6.84. The fourth-order valence-corrected chi connectivity index (χ4v) is 2.26. The first kappa shape index (κ1) is 15.1. The van der Waals surface area contributed by atoms with Crippen LogP contribution in [0, 0.1) is 0 Å². The van der Waals surface area contributed by atoms with Gasteiger partial charge in [-0.05, 0) is 29.8 Å². The zero-order valence-corrected chi connectivity index (χ0v) is 11.9. The van der Waals surface area contributed by atoms with Gasteiger partial charge in [-0.25, -0.2) is 0 Å². The minimum atomic E-state index is -4.91. The molecule has 0 aliphatic carbocycles. The van der Waals surface area contributed by atoms with E-state index in [2.05, 4.69) is 0 Å². The van der Waals surface area contributed by atoms with E-state index in [1.54, 1.807) is 12.1 Å². The summed E-state index contributed by atoms with van der Waals surface area (Å²) in [4.78, 5) is 11.3. The first-order chi connectivity index (χ1) is 10.9. The molecule has 0 aliphatic rings. The van der Waals surface area contributed by atoms with Crippen LogP contribution in [0.2, 0.25) is 0 Å². The zero-order valence-electron chi connectivity index (χ0n) is 11.9. The number of rotatable bonds is 3. The molecule has 3 rings (SSSR count). The maximum atomic E-state index is 12.5. The number of carbonyl (C=O) groups is 1. The smallest absolute Gasteiger partial charge is 0.472 e. The summed E-state index contributed by atoms with van der Waals surface area (Å²) >= 11 is 0. The van der Waals surface area contributed by atoms with Gasteiger partial charge < -0.3 is 4.74 Å². The third-order valence-corrected chi connectivity index (χ3v) is 3.37. The third kappa shape index (κ3) is 3.21. The highest BCUT2D eigenvalue weighted by molar-refractivity contribution is 5.95. The fourth-order valence-electron chi connectivity index (χ4n) is 2.26. The molecular formula is C17H12F3NO2. The molecule has 0 aliphatic heterocycles. The Morgan fingerprint density at radius 2 is 1.78 bits per heavy atom. The summed E-state index contributed by atoms with van der Waals surface area (Å²) in [6.07, 6.45) is -3.80. The maximum Gasteiger partial charge on any atom is 0.472 e. The molecule has 0 amide bonds. The summed E-state index contributed by atoms with van der Waals surface area (Å²) in [6, 6.07) is 15.6. The molecule has 2 aromatic carbocycles. The molecule has 1 aromatic heterocycles. The number of hydrogen-bond acceptors (Lipinski definition) is 2. The van der Waals surface area contributed by atoms with Crippen molar-refractivity contribution in [2.24, 2.45) is 0 Å². The Labute approximate surface area is 129 Å². The molecule has 0 bridgehead atoms. The van der Waals surface area contributed by atoms with E-state index in [1.165, 1.54) is 12.1 Å². The molecule has 0 unspecified atom stereocenters. The van der Waals surface area contributed by atoms with E-state index in [0.717, 1.165) is 11.8 Å². The largest absolute Gasteiger partial charge is 0.489 e. The van der Waals surface area contributed by atoms with Crippen LogP contribution in [0.4, 0.5) is 13.2 Å². The lowest BCUT2D eigenvalue weighted by molar-refractivity contribution is -0.0942. The second-order valence-electron chi connectivity index (χ2n) is 4.98. The average molecular weight is 319 g/mol. The lowest BCUT2D eigenvalue weighted by Crippen LogP contribution is -2.28. The van der Waals surface area contributed by atoms with Crippen LogP contribution in [0.3, 0.4) is 0 Å². The molecule has 3 aromatic rings. The van der Waals surface area contributed by atoms with Crippen molar-refractivity contribution in [1.29, 1.82) is 0 Å². The second-order valence-corrected chi connectivity index (χ2v) is 4.98. The highest BCUT2D eigenvalue weighted by Crippen LogP contribution is 2.26. The summed E-state index contributed by atoms with van der Waals surface area (Å²) in [6.45, 7) is 0.356. The monoisotopic (exact) mass is 319 g/mol. The van der Waals surface area contributed by atoms with Crippen molar-refractivity contribution < 1.29 is 22.7 Å². The number of ether oxygens (including phenoxy) is 1. The molecule has 0 saturated heterocycles. The van der Waals surface area contributed by atoms with Crippen LogP contribution in [-0.2, 0) is 6.61 Å². The minimum Gasteiger partial charge on any atom is -0.489 e. The normalized spacial score (nSPS) is 11.6. The van der Waals surface area contributed by atoms with Crippen molar-refractivity contribution in [2.75, 3.05) is 0 Å². The highest BCUT2D eigenvalue weighted by atomic mass is 19.4. The van der Waals surface area contributed by atoms with Crippen LogP contribution >= 0.6 is 0 Å². The molecule has 3 nitrogen and oxygen atoms in total. The lowest BCUT2D eigenvalue weighted by atomic mass is 10.2. The number of carbonyl (C=O) groups excluding carboxylic acids is 1. The number of hydrogen-bond donors (Lipinski definition) is 0.